The molecule has 0 aliphatic carbocycles. The van der Waals surface area contributed by atoms with Gasteiger partial charge >= 0.3 is 18.2 Å². The van der Waals surface area contributed by atoms with Gasteiger partial charge < -0.3 is 24.8 Å². The second kappa shape index (κ2) is 11.6. The summed E-state index contributed by atoms with van der Waals surface area (Å²) in [5.41, 5.74) is -0.563. The van der Waals surface area contributed by atoms with Gasteiger partial charge in [0, 0.05) is 13.0 Å². The Labute approximate surface area is 137 Å². The van der Waals surface area contributed by atoms with Crippen molar-refractivity contribution in [2.24, 2.45) is 0 Å². The van der Waals surface area contributed by atoms with Crippen LogP contribution >= 0.6 is 0 Å². The Kier molecular flexibility index (Phi) is 10.6. The zero-order valence-corrected chi connectivity index (χ0v) is 14.4. The minimum atomic E-state index is -0.563. The molecule has 0 rings (SSSR count). The summed E-state index contributed by atoms with van der Waals surface area (Å²) in [7, 11) is 0. The molecule has 0 aromatic rings. The molecule has 8 heteroatoms. The minimum Gasteiger partial charge on any atom is -0.464 e. The molecule has 2 amide bonds. The van der Waals surface area contributed by atoms with E-state index in [0.717, 1.165) is 6.42 Å². The highest BCUT2D eigenvalue weighted by molar-refractivity contribution is 5.70. The van der Waals surface area contributed by atoms with Crippen molar-refractivity contribution in [3.8, 4) is 0 Å². The molecule has 0 bridgehead atoms. The van der Waals surface area contributed by atoms with Crippen LogP contribution in [0.15, 0.2) is 0 Å². The van der Waals surface area contributed by atoms with E-state index in [1.54, 1.807) is 20.8 Å². The van der Waals surface area contributed by atoms with E-state index in [1.807, 2.05) is 6.92 Å². The molecule has 23 heavy (non-hydrogen) atoms. The van der Waals surface area contributed by atoms with Crippen molar-refractivity contribution in [2.45, 2.75) is 52.6 Å². The Morgan fingerprint density at radius 1 is 0.913 bits per heavy atom. The lowest BCUT2D eigenvalue weighted by Gasteiger charge is -2.19. The van der Waals surface area contributed by atoms with E-state index < -0.39 is 17.8 Å². The number of alkyl carbamates (subject to hydrolysis) is 2. The number of esters is 1. The average molecular weight is 332 g/mol. The van der Waals surface area contributed by atoms with E-state index in [2.05, 4.69) is 10.6 Å². The first kappa shape index (κ1) is 21.0. The fraction of sp³-hybridized carbons (Fsp3) is 0.800. The molecule has 0 saturated carbocycles. The molecule has 0 unspecified atom stereocenters. The van der Waals surface area contributed by atoms with Gasteiger partial charge in [0.2, 0.25) is 0 Å². The van der Waals surface area contributed by atoms with Gasteiger partial charge in [0.1, 0.15) is 12.2 Å². The van der Waals surface area contributed by atoms with Crippen LogP contribution in [0.25, 0.3) is 0 Å². The Bertz CT molecular complexity index is 379. The molecule has 2 N–H and O–H groups in total. The van der Waals surface area contributed by atoms with E-state index >= 15 is 0 Å². The number of amides is 2. The molecular weight excluding hydrogens is 304 g/mol. The highest BCUT2D eigenvalue weighted by Crippen LogP contribution is 2.06. The van der Waals surface area contributed by atoms with Crippen molar-refractivity contribution in [3.63, 3.8) is 0 Å². The van der Waals surface area contributed by atoms with Crippen LogP contribution in [0.3, 0.4) is 0 Å². The van der Waals surface area contributed by atoms with Crippen LogP contribution in [0.5, 0.6) is 0 Å². The Hall–Kier alpha value is -1.99. The molecule has 0 aliphatic heterocycles. The maximum Gasteiger partial charge on any atom is 0.407 e. The second-order valence-electron chi connectivity index (χ2n) is 5.82. The molecule has 0 aliphatic rings. The summed E-state index contributed by atoms with van der Waals surface area (Å²) in [6.07, 6.45) is 0.363. The van der Waals surface area contributed by atoms with Crippen LogP contribution < -0.4 is 10.6 Å². The van der Waals surface area contributed by atoms with Gasteiger partial charge in [-0.1, -0.05) is 6.92 Å². The van der Waals surface area contributed by atoms with Gasteiger partial charge in [0.15, 0.2) is 0 Å². The Morgan fingerprint density at radius 3 is 2.17 bits per heavy atom. The Morgan fingerprint density at radius 2 is 1.57 bits per heavy atom. The first-order chi connectivity index (χ1) is 10.7. The summed E-state index contributed by atoms with van der Waals surface area (Å²) in [6, 6.07) is 0. The quantitative estimate of drug-likeness (QED) is 0.380. The highest BCUT2D eigenvalue weighted by Gasteiger charge is 2.15. The lowest BCUT2D eigenvalue weighted by atomic mass is 10.2. The van der Waals surface area contributed by atoms with Crippen LogP contribution in [-0.4, -0.2) is 50.1 Å². The molecule has 8 nitrogen and oxygen atoms in total. The smallest absolute Gasteiger partial charge is 0.407 e. The molecule has 134 valence electrons. The zero-order chi connectivity index (χ0) is 17.7. The van der Waals surface area contributed by atoms with Crippen molar-refractivity contribution in [1.29, 1.82) is 0 Å². The van der Waals surface area contributed by atoms with Crippen molar-refractivity contribution in [1.82, 2.24) is 10.6 Å². The number of nitrogens with one attached hydrogen (secondary N) is 2. The minimum absolute atomic E-state index is 0.0735. The van der Waals surface area contributed by atoms with Crippen molar-refractivity contribution >= 4 is 18.2 Å². The third kappa shape index (κ3) is 14.7. The topological polar surface area (TPSA) is 103 Å². The molecule has 0 radical (unpaired) electrons. The SMILES string of the molecule is CCCOC(=O)NCCCC(=O)OCCNC(=O)OC(C)(C)C. The maximum atomic E-state index is 11.4. The molecular formula is C15H28N2O6. The van der Waals surface area contributed by atoms with E-state index in [0.29, 0.717) is 19.6 Å². The van der Waals surface area contributed by atoms with Gasteiger partial charge in [-0.15, -0.1) is 0 Å². The Balaban J connectivity index is 3.54. The fourth-order valence-electron chi connectivity index (χ4n) is 1.37. The van der Waals surface area contributed by atoms with Crippen molar-refractivity contribution in [3.05, 3.63) is 0 Å². The number of hydrogen-bond donors (Lipinski definition) is 2. The third-order valence-corrected chi connectivity index (χ3v) is 2.30. The normalized spacial score (nSPS) is 10.6. The zero-order valence-electron chi connectivity index (χ0n) is 14.4. The highest BCUT2D eigenvalue weighted by atomic mass is 16.6. The van der Waals surface area contributed by atoms with Gasteiger partial charge in [0.05, 0.1) is 13.2 Å². The molecule has 0 atom stereocenters. The van der Waals surface area contributed by atoms with Gasteiger partial charge in [-0.05, 0) is 33.6 Å². The summed E-state index contributed by atoms with van der Waals surface area (Å²) in [5, 5.41) is 5.02. The second-order valence-corrected chi connectivity index (χ2v) is 5.82. The van der Waals surface area contributed by atoms with E-state index in [4.69, 9.17) is 14.2 Å². The summed E-state index contributed by atoms with van der Waals surface area (Å²) in [6.45, 7) is 8.16. The van der Waals surface area contributed by atoms with E-state index in [-0.39, 0.29) is 25.5 Å². The predicted molar refractivity (Wildman–Crippen MR) is 84.1 cm³/mol. The summed E-state index contributed by atoms with van der Waals surface area (Å²) >= 11 is 0. The van der Waals surface area contributed by atoms with Crippen molar-refractivity contribution < 1.29 is 28.6 Å². The molecule has 0 aromatic heterocycles. The van der Waals surface area contributed by atoms with Gasteiger partial charge in [-0.2, -0.15) is 0 Å². The maximum absolute atomic E-state index is 11.4. The fourth-order valence-corrected chi connectivity index (χ4v) is 1.37. The van der Waals surface area contributed by atoms with Crippen LogP contribution in [-0.2, 0) is 19.0 Å². The van der Waals surface area contributed by atoms with E-state index in [9.17, 15) is 14.4 Å². The first-order valence-corrected chi connectivity index (χ1v) is 7.77. The molecule has 0 saturated heterocycles. The summed E-state index contributed by atoms with van der Waals surface area (Å²) < 4.78 is 14.8. The molecule has 0 spiro atoms. The van der Waals surface area contributed by atoms with Crippen LogP contribution in [0, 0.1) is 0 Å². The molecule has 0 fully saturated rings. The van der Waals surface area contributed by atoms with Crippen LogP contribution in [0.1, 0.15) is 47.0 Å². The lowest BCUT2D eigenvalue weighted by Crippen LogP contribution is -2.34. The third-order valence-electron chi connectivity index (χ3n) is 2.30. The van der Waals surface area contributed by atoms with Gasteiger partial charge in [-0.25, -0.2) is 9.59 Å². The number of rotatable bonds is 9. The predicted octanol–water partition coefficient (Wildman–Crippen LogP) is 1.97. The van der Waals surface area contributed by atoms with Crippen LogP contribution in [0.4, 0.5) is 9.59 Å². The standard InChI is InChI=1S/C15H28N2O6/c1-5-10-22-13(19)16-8-6-7-12(18)21-11-9-17-14(20)23-15(2,3)4/h5-11H2,1-4H3,(H,16,19)(H,17,20). The number of ether oxygens (including phenoxy) is 3. The first-order valence-electron chi connectivity index (χ1n) is 7.77. The number of carbonyl (C=O) groups is 3. The van der Waals surface area contributed by atoms with Gasteiger partial charge in [-0.3, -0.25) is 4.79 Å². The molecule has 0 heterocycles. The summed E-state index contributed by atoms with van der Waals surface area (Å²) in [4.78, 5) is 33.9. The monoisotopic (exact) mass is 332 g/mol. The van der Waals surface area contributed by atoms with E-state index in [1.165, 1.54) is 0 Å². The van der Waals surface area contributed by atoms with Gasteiger partial charge in [0.25, 0.3) is 0 Å². The number of carbonyl (C=O) groups excluding carboxylic acids is 3. The largest absolute Gasteiger partial charge is 0.464 e. The summed E-state index contributed by atoms with van der Waals surface area (Å²) in [5.74, 6) is -0.389. The number of hydrogen-bond acceptors (Lipinski definition) is 6. The van der Waals surface area contributed by atoms with Crippen molar-refractivity contribution in [2.75, 3.05) is 26.3 Å². The lowest BCUT2D eigenvalue weighted by molar-refractivity contribution is -0.143. The van der Waals surface area contributed by atoms with Crippen LogP contribution in [0.2, 0.25) is 0 Å². The molecule has 0 aromatic carbocycles. The average Bonchev–Trinajstić information content (AvgIpc) is 2.44.